The van der Waals surface area contributed by atoms with Gasteiger partial charge >= 0.3 is 0 Å². The molecular weight excluding hydrogens is 328 g/mol. The molecule has 0 aliphatic carbocycles. The van der Waals surface area contributed by atoms with Crippen molar-refractivity contribution in [1.29, 1.82) is 0 Å². The highest BCUT2D eigenvalue weighted by molar-refractivity contribution is 9.13. The quantitative estimate of drug-likeness (QED) is 0.645. The van der Waals surface area contributed by atoms with Crippen LogP contribution in [-0.4, -0.2) is 0 Å². The fraction of sp³-hybridized carbons (Fsp3) is 0. The highest BCUT2D eigenvalue weighted by Gasteiger charge is 1.99. The number of halogens is 2. The summed E-state index contributed by atoms with van der Waals surface area (Å²) in [5.41, 5.74) is 2.37. The molecule has 0 saturated heterocycles. The summed E-state index contributed by atoms with van der Waals surface area (Å²) in [6.07, 6.45) is 4.21. The van der Waals surface area contributed by atoms with E-state index in [1.807, 2.05) is 30.3 Å². The molecule has 0 saturated carbocycles. The van der Waals surface area contributed by atoms with Crippen LogP contribution in [0.25, 0.3) is 12.2 Å². The predicted molar refractivity (Wildman–Crippen MR) is 77.2 cm³/mol. The van der Waals surface area contributed by atoms with Gasteiger partial charge in [0.1, 0.15) is 0 Å². The highest BCUT2D eigenvalue weighted by Crippen LogP contribution is 2.27. The Labute approximate surface area is 112 Å². The van der Waals surface area contributed by atoms with E-state index in [0.717, 1.165) is 8.95 Å². The van der Waals surface area contributed by atoms with E-state index >= 15 is 0 Å². The van der Waals surface area contributed by atoms with Crippen molar-refractivity contribution in [1.82, 2.24) is 0 Å². The van der Waals surface area contributed by atoms with Gasteiger partial charge in [-0.05, 0) is 49.1 Å². The van der Waals surface area contributed by atoms with Gasteiger partial charge in [0.25, 0.3) is 0 Å². The third-order valence-corrected chi connectivity index (χ3v) is 4.31. The minimum Gasteiger partial charge on any atom is -0.0622 e. The van der Waals surface area contributed by atoms with Gasteiger partial charge in [-0.1, -0.05) is 54.6 Å². The van der Waals surface area contributed by atoms with Crippen LogP contribution in [0.3, 0.4) is 0 Å². The van der Waals surface area contributed by atoms with Gasteiger partial charge in [-0.25, -0.2) is 0 Å². The van der Waals surface area contributed by atoms with E-state index in [1.165, 1.54) is 11.1 Å². The Hall–Kier alpha value is -0.860. The molecule has 0 N–H and O–H groups in total. The molecule has 0 aromatic heterocycles. The van der Waals surface area contributed by atoms with Crippen molar-refractivity contribution in [3.05, 3.63) is 68.6 Å². The molecule has 0 bridgehead atoms. The van der Waals surface area contributed by atoms with Crippen molar-refractivity contribution < 1.29 is 0 Å². The van der Waals surface area contributed by atoms with E-state index in [-0.39, 0.29) is 0 Å². The molecule has 0 aliphatic rings. The van der Waals surface area contributed by atoms with Crippen LogP contribution in [0.4, 0.5) is 0 Å². The van der Waals surface area contributed by atoms with E-state index in [1.54, 1.807) is 0 Å². The number of rotatable bonds is 2. The van der Waals surface area contributed by atoms with Crippen molar-refractivity contribution in [3.8, 4) is 0 Å². The van der Waals surface area contributed by atoms with Gasteiger partial charge in [0.05, 0.1) is 0 Å². The van der Waals surface area contributed by atoms with E-state index in [4.69, 9.17) is 0 Å². The third kappa shape index (κ3) is 2.83. The molecule has 0 aliphatic heterocycles. The zero-order valence-electron chi connectivity index (χ0n) is 8.53. The molecule has 16 heavy (non-hydrogen) atoms. The van der Waals surface area contributed by atoms with Gasteiger partial charge in [0, 0.05) is 8.95 Å². The maximum atomic E-state index is 3.56. The molecule has 0 spiro atoms. The smallest absolute Gasteiger partial charge is 0.0389 e. The molecule has 2 rings (SSSR count). The van der Waals surface area contributed by atoms with Crippen LogP contribution in [0.5, 0.6) is 0 Å². The molecule has 2 heteroatoms. The minimum absolute atomic E-state index is 1.07. The first kappa shape index (κ1) is 11.6. The summed E-state index contributed by atoms with van der Waals surface area (Å²) in [5, 5.41) is 0. The second-order valence-corrected chi connectivity index (χ2v) is 5.03. The van der Waals surface area contributed by atoms with Gasteiger partial charge in [-0.15, -0.1) is 0 Å². The number of hydrogen-bond acceptors (Lipinski definition) is 0. The molecule has 0 unspecified atom stereocenters. The average molecular weight is 338 g/mol. The largest absolute Gasteiger partial charge is 0.0622 e. The Balaban J connectivity index is 2.28. The highest BCUT2D eigenvalue weighted by atomic mass is 79.9. The number of benzene rings is 2. The van der Waals surface area contributed by atoms with Crippen molar-refractivity contribution in [2.45, 2.75) is 0 Å². The molecule has 0 fully saturated rings. The summed E-state index contributed by atoms with van der Waals surface area (Å²) >= 11 is 7.05. The van der Waals surface area contributed by atoms with Crippen molar-refractivity contribution >= 4 is 44.0 Å². The molecule has 0 nitrogen and oxygen atoms in total. The van der Waals surface area contributed by atoms with Crippen LogP contribution in [0.2, 0.25) is 0 Å². The first-order valence-electron chi connectivity index (χ1n) is 4.94. The molecule has 0 amide bonds. The van der Waals surface area contributed by atoms with Crippen LogP contribution >= 0.6 is 31.9 Å². The van der Waals surface area contributed by atoms with Crippen LogP contribution in [0.15, 0.2) is 57.5 Å². The normalized spacial score (nSPS) is 10.9. The SMILES string of the molecule is Brc1cccc(/C=C/c2ccccc2)c1Br. The number of hydrogen-bond donors (Lipinski definition) is 0. The fourth-order valence-electron chi connectivity index (χ4n) is 1.40. The summed E-state index contributed by atoms with van der Waals surface area (Å²) in [4.78, 5) is 0. The van der Waals surface area contributed by atoms with Crippen LogP contribution in [-0.2, 0) is 0 Å². The van der Waals surface area contributed by atoms with Crippen LogP contribution in [0.1, 0.15) is 11.1 Å². The van der Waals surface area contributed by atoms with Crippen molar-refractivity contribution in [3.63, 3.8) is 0 Å². The maximum absolute atomic E-state index is 3.56. The van der Waals surface area contributed by atoms with Gasteiger partial charge in [0.15, 0.2) is 0 Å². The maximum Gasteiger partial charge on any atom is 0.0389 e. The lowest BCUT2D eigenvalue weighted by Crippen LogP contribution is -1.77. The topological polar surface area (TPSA) is 0 Å². The van der Waals surface area contributed by atoms with Crippen LogP contribution in [0, 0.1) is 0 Å². The Morgan fingerprint density at radius 2 is 1.50 bits per heavy atom. The molecule has 2 aromatic carbocycles. The lowest BCUT2D eigenvalue weighted by atomic mass is 10.1. The minimum atomic E-state index is 1.07. The van der Waals surface area contributed by atoms with Crippen molar-refractivity contribution in [2.24, 2.45) is 0 Å². The van der Waals surface area contributed by atoms with E-state index in [9.17, 15) is 0 Å². The van der Waals surface area contributed by atoms with Crippen LogP contribution < -0.4 is 0 Å². The third-order valence-electron chi connectivity index (χ3n) is 2.24. The standard InChI is InChI=1S/C14H10Br2/c15-13-8-4-7-12(14(13)16)10-9-11-5-2-1-3-6-11/h1-10H/b10-9+. The first-order valence-corrected chi connectivity index (χ1v) is 6.53. The summed E-state index contributed by atoms with van der Waals surface area (Å²) < 4.78 is 2.16. The van der Waals surface area contributed by atoms with Crippen molar-refractivity contribution in [2.75, 3.05) is 0 Å². The average Bonchev–Trinajstić information content (AvgIpc) is 2.32. The molecule has 2 aromatic rings. The van der Waals surface area contributed by atoms with E-state index < -0.39 is 0 Å². The predicted octanol–water partition coefficient (Wildman–Crippen LogP) is 5.38. The second kappa shape index (κ2) is 5.46. The lowest BCUT2D eigenvalue weighted by molar-refractivity contribution is 1.55. The fourth-order valence-corrected chi connectivity index (χ4v) is 2.18. The Kier molecular flexibility index (Phi) is 3.97. The lowest BCUT2D eigenvalue weighted by Gasteiger charge is -2.00. The molecular formula is C14H10Br2. The molecule has 0 radical (unpaired) electrons. The zero-order chi connectivity index (χ0) is 11.4. The van der Waals surface area contributed by atoms with E-state index in [2.05, 4.69) is 62.2 Å². The summed E-state index contributed by atoms with van der Waals surface area (Å²) in [5.74, 6) is 0. The summed E-state index contributed by atoms with van der Waals surface area (Å²) in [6.45, 7) is 0. The molecule has 0 atom stereocenters. The Morgan fingerprint density at radius 1 is 0.750 bits per heavy atom. The molecule has 80 valence electrons. The van der Waals surface area contributed by atoms with Gasteiger partial charge in [-0.2, -0.15) is 0 Å². The summed E-state index contributed by atoms with van der Waals surface area (Å²) in [7, 11) is 0. The second-order valence-electron chi connectivity index (χ2n) is 3.39. The Bertz CT molecular complexity index is 501. The molecule has 0 heterocycles. The van der Waals surface area contributed by atoms with Gasteiger partial charge in [-0.3, -0.25) is 0 Å². The summed E-state index contributed by atoms with van der Waals surface area (Å²) in [6, 6.07) is 16.4. The van der Waals surface area contributed by atoms with Gasteiger partial charge in [0.2, 0.25) is 0 Å². The van der Waals surface area contributed by atoms with E-state index in [0.29, 0.717) is 0 Å². The monoisotopic (exact) mass is 336 g/mol. The Morgan fingerprint density at radius 3 is 2.25 bits per heavy atom. The first-order chi connectivity index (χ1) is 7.77. The van der Waals surface area contributed by atoms with Gasteiger partial charge < -0.3 is 0 Å². The zero-order valence-corrected chi connectivity index (χ0v) is 11.7.